The zero-order chi connectivity index (χ0) is 10.4. The van der Waals surface area contributed by atoms with E-state index in [9.17, 15) is 0 Å². The Hall–Kier alpha value is 0.250. The first-order valence-corrected chi connectivity index (χ1v) is 6.57. The van der Waals surface area contributed by atoms with Crippen LogP contribution in [0.5, 0.6) is 0 Å². The minimum absolute atomic E-state index is 0.358. The van der Waals surface area contributed by atoms with Gasteiger partial charge < -0.3 is 5.32 Å². The van der Waals surface area contributed by atoms with Gasteiger partial charge in [-0.15, -0.1) is 11.6 Å². The molecule has 1 N–H and O–H groups in total. The summed E-state index contributed by atoms with van der Waals surface area (Å²) in [6.45, 7) is 4.52. The molecule has 1 fully saturated rings. The van der Waals surface area contributed by atoms with Crippen LogP contribution in [0.4, 0.5) is 0 Å². The summed E-state index contributed by atoms with van der Waals surface area (Å²) in [6, 6.07) is 1.19. The zero-order valence-corrected chi connectivity index (χ0v) is 10.3. The first kappa shape index (κ1) is 12.3. The maximum absolute atomic E-state index is 6.37. The van der Waals surface area contributed by atoms with Crippen LogP contribution < -0.4 is 5.32 Å². The summed E-state index contributed by atoms with van der Waals surface area (Å²) < 4.78 is 0. The van der Waals surface area contributed by atoms with E-state index in [1.165, 1.54) is 44.9 Å². The molecule has 1 saturated carbocycles. The van der Waals surface area contributed by atoms with Gasteiger partial charge in [-0.3, -0.25) is 0 Å². The molecule has 1 rings (SSSR count). The molecule has 0 radical (unpaired) electrons. The first-order chi connectivity index (χ1) is 6.74. The number of hydrogen-bond donors (Lipinski definition) is 1. The van der Waals surface area contributed by atoms with Gasteiger partial charge in [-0.1, -0.05) is 32.6 Å². The van der Waals surface area contributed by atoms with Crippen molar-refractivity contribution in [2.45, 2.75) is 76.3 Å². The minimum atomic E-state index is 0.358. The number of halogens is 1. The molecule has 0 saturated heterocycles. The molecule has 1 aliphatic rings. The highest BCUT2D eigenvalue weighted by molar-refractivity contribution is 6.21. The Morgan fingerprint density at radius 2 is 2.00 bits per heavy atom. The van der Waals surface area contributed by atoms with E-state index in [4.69, 9.17) is 11.6 Å². The second-order valence-corrected chi connectivity index (χ2v) is 5.18. The third kappa shape index (κ3) is 4.18. The topological polar surface area (TPSA) is 12.0 Å². The number of alkyl halides is 1. The third-order valence-corrected chi connectivity index (χ3v) is 3.67. The van der Waals surface area contributed by atoms with E-state index in [1.54, 1.807) is 0 Å². The molecule has 0 spiro atoms. The van der Waals surface area contributed by atoms with Gasteiger partial charge in [0.2, 0.25) is 0 Å². The van der Waals surface area contributed by atoms with E-state index in [0.29, 0.717) is 17.5 Å². The lowest BCUT2D eigenvalue weighted by atomic mass is 10.1. The second kappa shape index (κ2) is 6.68. The van der Waals surface area contributed by atoms with Crippen LogP contribution in [0.2, 0.25) is 0 Å². The van der Waals surface area contributed by atoms with E-state index >= 15 is 0 Å². The summed E-state index contributed by atoms with van der Waals surface area (Å²) in [7, 11) is 0. The molecular formula is C12H24ClN. The van der Waals surface area contributed by atoms with E-state index in [-0.39, 0.29) is 0 Å². The van der Waals surface area contributed by atoms with Crippen molar-refractivity contribution in [2.75, 3.05) is 0 Å². The molecule has 84 valence electrons. The number of hydrogen-bond acceptors (Lipinski definition) is 1. The Kier molecular flexibility index (Phi) is 5.88. The molecule has 14 heavy (non-hydrogen) atoms. The van der Waals surface area contributed by atoms with Crippen LogP contribution in [0.3, 0.4) is 0 Å². The monoisotopic (exact) mass is 217 g/mol. The molecule has 2 heteroatoms. The fourth-order valence-electron chi connectivity index (χ4n) is 2.33. The largest absolute Gasteiger partial charge is 0.310 e. The summed E-state index contributed by atoms with van der Waals surface area (Å²) in [5, 5.41) is 4.04. The van der Waals surface area contributed by atoms with Gasteiger partial charge in [0.1, 0.15) is 0 Å². The fourth-order valence-corrected chi connectivity index (χ4v) is 2.68. The van der Waals surface area contributed by atoms with Gasteiger partial charge in [-0.05, 0) is 26.2 Å². The van der Waals surface area contributed by atoms with Crippen molar-refractivity contribution in [3.8, 4) is 0 Å². The van der Waals surface area contributed by atoms with Crippen molar-refractivity contribution in [1.82, 2.24) is 5.32 Å². The van der Waals surface area contributed by atoms with Crippen LogP contribution in [-0.2, 0) is 0 Å². The minimum Gasteiger partial charge on any atom is -0.310 e. The SMILES string of the molecule is CCCC(C)NC1CCCCCC1Cl. The lowest BCUT2D eigenvalue weighted by Crippen LogP contribution is -2.41. The van der Waals surface area contributed by atoms with E-state index in [1.807, 2.05) is 0 Å². The summed E-state index contributed by atoms with van der Waals surface area (Å²) in [6.07, 6.45) is 9.01. The van der Waals surface area contributed by atoms with Gasteiger partial charge >= 0.3 is 0 Å². The van der Waals surface area contributed by atoms with Crippen LogP contribution in [0, 0.1) is 0 Å². The molecule has 0 bridgehead atoms. The Morgan fingerprint density at radius 1 is 1.29 bits per heavy atom. The van der Waals surface area contributed by atoms with Gasteiger partial charge in [-0.25, -0.2) is 0 Å². The van der Waals surface area contributed by atoms with Crippen LogP contribution >= 0.6 is 11.6 Å². The Morgan fingerprint density at radius 3 is 2.71 bits per heavy atom. The highest BCUT2D eigenvalue weighted by Crippen LogP contribution is 2.22. The predicted molar refractivity (Wildman–Crippen MR) is 64.0 cm³/mol. The smallest absolute Gasteiger partial charge is 0.0489 e. The van der Waals surface area contributed by atoms with E-state index in [2.05, 4.69) is 19.2 Å². The van der Waals surface area contributed by atoms with Crippen LogP contribution in [0.15, 0.2) is 0 Å². The summed E-state index contributed by atoms with van der Waals surface area (Å²) in [4.78, 5) is 0. The van der Waals surface area contributed by atoms with Crippen LogP contribution in [-0.4, -0.2) is 17.5 Å². The van der Waals surface area contributed by atoms with Gasteiger partial charge in [0.25, 0.3) is 0 Å². The van der Waals surface area contributed by atoms with Crippen molar-refractivity contribution in [3.63, 3.8) is 0 Å². The predicted octanol–water partition coefficient (Wildman–Crippen LogP) is 3.70. The maximum Gasteiger partial charge on any atom is 0.0489 e. The quantitative estimate of drug-likeness (QED) is 0.559. The summed E-state index contributed by atoms with van der Waals surface area (Å²) in [5.41, 5.74) is 0. The molecule has 0 aromatic heterocycles. The molecule has 3 unspecified atom stereocenters. The zero-order valence-electron chi connectivity index (χ0n) is 9.56. The summed E-state index contributed by atoms with van der Waals surface area (Å²) in [5.74, 6) is 0. The molecule has 0 aliphatic heterocycles. The van der Waals surface area contributed by atoms with Crippen LogP contribution in [0.1, 0.15) is 58.8 Å². The van der Waals surface area contributed by atoms with Crippen molar-refractivity contribution < 1.29 is 0 Å². The van der Waals surface area contributed by atoms with Gasteiger partial charge in [-0.2, -0.15) is 0 Å². The Balaban J connectivity index is 2.32. The van der Waals surface area contributed by atoms with E-state index in [0.717, 1.165) is 0 Å². The van der Waals surface area contributed by atoms with E-state index < -0.39 is 0 Å². The van der Waals surface area contributed by atoms with Gasteiger partial charge in [0.15, 0.2) is 0 Å². The standard InChI is InChI=1S/C12H24ClN/c1-3-7-10(2)14-12-9-6-4-5-8-11(12)13/h10-12,14H,3-9H2,1-2H3. The normalized spacial score (nSPS) is 31.1. The molecule has 1 aliphatic carbocycles. The van der Waals surface area contributed by atoms with Gasteiger partial charge in [0, 0.05) is 17.5 Å². The van der Waals surface area contributed by atoms with Crippen molar-refractivity contribution >= 4 is 11.6 Å². The average molecular weight is 218 g/mol. The lowest BCUT2D eigenvalue weighted by Gasteiger charge is -2.25. The molecule has 1 nitrogen and oxygen atoms in total. The Bertz CT molecular complexity index is 149. The molecule has 0 aromatic rings. The highest BCUT2D eigenvalue weighted by Gasteiger charge is 2.22. The highest BCUT2D eigenvalue weighted by atomic mass is 35.5. The second-order valence-electron chi connectivity index (χ2n) is 4.62. The molecule has 3 atom stereocenters. The molecular weight excluding hydrogens is 194 g/mol. The van der Waals surface area contributed by atoms with Crippen molar-refractivity contribution in [2.24, 2.45) is 0 Å². The van der Waals surface area contributed by atoms with Crippen LogP contribution in [0.25, 0.3) is 0 Å². The average Bonchev–Trinajstić information content (AvgIpc) is 2.33. The molecule has 0 heterocycles. The van der Waals surface area contributed by atoms with Crippen molar-refractivity contribution in [1.29, 1.82) is 0 Å². The maximum atomic E-state index is 6.37. The summed E-state index contributed by atoms with van der Waals surface area (Å²) >= 11 is 6.37. The third-order valence-electron chi connectivity index (χ3n) is 3.15. The van der Waals surface area contributed by atoms with Crippen molar-refractivity contribution in [3.05, 3.63) is 0 Å². The first-order valence-electron chi connectivity index (χ1n) is 6.14. The Labute approximate surface area is 93.6 Å². The number of nitrogens with one attached hydrogen (secondary N) is 1. The lowest BCUT2D eigenvalue weighted by molar-refractivity contribution is 0.396. The molecule has 0 amide bonds. The fraction of sp³-hybridized carbons (Fsp3) is 1.00. The number of rotatable bonds is 4. The van der Waals surface area contributed by atoms with Gasteiger partial charge in [0.05, 0.1) is 0 Å². The molecule has 0 aromatic carbocycles.